The molecule has 14 nitrogen and oxygen atoms in total. The molecule has 2 aromatic carbocycles. The smallest absolute Gasteiger partial charge is 0.264 e. The molecule has 0 unspecified atom stereocenters. The van der Waals surface area contributed by atoms with Gasteiger partial charge in [0.15, 0.2) is 10.9 Å². The number of hydrogen-bond acceptors (Lipinski definition) is 10. The first-order chi connectivity index (χ1) is 29.4. The average Bonchev–Trinajstić information content (AvgIpc) is 3.97. The molecule has 0 bridgehead atoms. The summed E-state index contributed by atoms with van der Waals surface area (Å²) >= 11 is 1.44. The Balaban J connectivity index is 0.868. The fourth-order valence-corrected chi connectivity index (χ4v) is 9.47. The van der Waals surface area contributed by atoms with Gasteiger partial charge in [0.25, 0.3) is 12.3 Å². The predicted octanol–water partition coefficient (Wildman–Crippen LogP) is 6.79. The highest BCUT2D eigenvalue weighted by atomic mass is 32.1. The summed E-state index contributed by atoms with van der Waals surface area (Å²) in [6.07, 6.45) is 7.08. The van der Waals surface area contributed by atoms with Gasteiger partial charge in [-0.15, -0.1) is 11.3 Å². The second-order valence-electron chi connectivity index (χ2n) is 16.3. The van der Waals surface area contributed by atoms with Crippen LogP contribution in [0.1, 0.15) is 88.3 Å². The van der Waals surface area contributed by atoms with E-state index < -0.39 is 6.43 Å². The largest absolute Gasteiger partial charge is 0.385 e. The number of rotatable bonds is 13. The Hall–Kier alpha value is -5.68. The second-order valence-corrected chi connectivity index (χ2v) is 17.5. The number of likely N-dealkylation sites (tertiary alicyclic amines) is 1. The van der Waals surface area contributed by atoms with Crippen molar-refractivity contribution in [3.8, 4) is 11.1 Å². The van der Waals surface area contributed by atoms with Crippen molar-refractivity contribution >= 4 is 51.4 Å². The molecule has 3 aliphatic rings. The molecular formula is C44H53F2N11O3S. The number of anilines is 4. The van der Waals surface area contributed by atoms with Crippen LogP contribution >= 0.6 is 11.3 Å². The van der Waals surface area contributed by atoms with Gasteiger partial charge in [-0.2, -0.15) is 10.2 Å². The third-order valence-electron chi connectivity index (χ3n) is 12.0. The molecule has 0 saturated carbocycles. The third kappa shape index (κ3) is 9.32. The van der Waals surface area contributed by atoms with Gasteiger partial charge in [-0.3, -0.25) is 34.0 Å². The molecule has 6 heterocycles. The zero-order valence-corrected chi connectivity index (χ0v) is 36.0. The minimum absolute atomic E-state index is 0.00164. The molecule has 61 heavy (non-hydrogen) atoms. The topological polar surface area (TPSA) is 146 Å². The zero-order chi connectivity index (χ0) is 42.8. The van der Waals surface area contributed by atoms with Crippen molar-refractivity contribution < 1.29 is 23.2 Å². The number of halogens is 2. The number of carbonyl (C=O) groups is 3. The molecule has 3 amide bonds. The van der Waals surface area contributed by atoms with Crippen molar-refractivity contribution in [3.63, 3.8) is 0 Å². The number of nitrogens with one attached hydrogen (secondary N) is 3. The Kier molecular flexibility index (Phi) is 12.5. The summed E-state index contributed by atoms with van der Waals surface area (Å²) in [5.74, 6) is 0.539. The van der Waals surface area contributed by atoms with Crippen LogP contribution in [-0.4, -0.2) is 97.9 Å². The van der Waals surface area contributed by atoms with Crippen molar-refractivity contribution in [2.24, 2.45) is 7.05 Å². The molecule has 3 N–H and O–H groups in total. The molecule has 1 saturated heterocycles. The number of thiazole rings is 1. The Labute approximate surface area is 358 Å². The number of aryl methyl sites for hydroxylation is 4. The maximum atomic E-state index is 14.7. The van der Waals surface area contributed by atoms with Gasteiger partial charge < -0.3 is 20.4 Å². The number of piperidine rings is 1. The molecule has 0 atom stereocenters. The zero-order valence-electron chi connectivity index (χ0n) is 35.1. The van der Waals surface area contributed by atoms with Crippen molar-refractivity contribution in [1.29, 1.82) is 0 Å². The van der Waals surface area contributed by atoms with Crippen molar-refractivity contribution in [2.45, 2.75) is 78.3 Å². The number of alkyl halides is 2. The average molecular weight is 854 g/mol. The van der Waals surface area contributed by atoms with Crippen LogP contribution in [0.5, 0.6) is 0 Å². The first-order valence-electron chi connectivity index (χ1n) is 21.1. The Bertz CT molecular complexity index is 2420. The molecule has 0 aliphatic carbocycles. The van der Waals surface area contributed by atoms with E-state index in [1.54, 1.807) is 49.4 Å². The summed E-state index contributed by atoms with van der Waals surface area (Å²) in [6, 6.07) is 9.28. The van der Waals surface area contributed by atoms with E-state index in [4.69, 9.17) is 5.10 Å². The summed E-state index contributed by atoms with van der Waals surface area (Å²) in [5.41, 5.74) is 7.30. The lowest BCUT2D eigenvalue weighted by Gasteiger charge is -2.33. The molecule has 0 spiro atoms. The summed E-state index contributed by atoms with van der Waals surface area (Å²) in [6.45, 7) is 10.1. The van der Waals surface area contributed by atoms with E-state index in [-0.39, 0.29) is 29.3 Å². The molecular weight excluding hydrogens is 801 g/mol. The van der Waals surface area contributed by atoms with Crippen molar-refractivity contribution in [1.82, 2.24) is 39.7 Å². The summed E-state index contributed by atoms with van der Waals surface area (Å²) in [4.78, 5) is 49.7. The summed E-state index contributed by atoms with van der Waals surface area (Å²) in [7, 11) is 1.78. The summed E-state index contributed by atoms with van der Waals surface area (Å²) in [5, 5.41) is 19.4. The monoisotopic (exact) mass is 853 g/mol. The fourth-order valence-electron chi connectivity index (χ4n) is 8.81. The number of aromatic nitrogens is 5. The predicted molar refractivity (Wildman–Crippen MR) is 233 cm³/mol. The SMILES string of the molecule is CC(=O)N1CCc2c(c(N3CCCc4cc(-c5cnn(C)c5)c(C(F)F)cc43)nn2C2CCN(CC(=O)NCCCNc3ccc(C(=O)Nc4ncc(C)s4)c(C)c3)CC2)C1. The number of benzene rings is 2. The highest BCUT2D eigenvalue weighted by molar-refractivity contribution is 7.15. The molecule has 5 aromatic rings. The van der Waals surface area contributed by atoms with Crippen molar-refractivity contribution in [3.05, 3.63) is 87.3 Å². The van der Waals surface area contributed by atoms with Crippen LogP contribution in [-0.2, 0) is 36.0 Å². The van der Waals surface area contributed by atoms with E-state index in [9.17, 15) is 23.2 Å². The lowest BCUT2D eigenvalue weighted by molar-refractivity contribution is -0.129. The highest BCUT2D eigenvalue weighted by Gasteiger charge is 2.35. The second kappa shape index (κ2) is 18.1. The number of nitrogens with zero attached hydrogens (tertiary/aromatic N) is 8. The number of amides is 3. The molecule has 0 radical (unpaired) electrons. The minimum Gasteiger partial charge on any atom is -0.385 e. The van der Waals surface area contributed by atoms with E-state index in [1.165, 1.54) is 11.3 Å². The molecule has 17 heteroatoms. The third-order valence-corrected chi connectivity index (χ3v) is 12.8. The maximum absolute atomic E-state index is 14.7. The van der Waals surface area contributed by atoms with E-state index in [0.717, 1.165) is 89.6 Å². The fraction of sp³-hybridized carbons (Fsp3) is 0.455. The standard InChI is InChI=1S/C44H53F2N11O3S/c1-27-19-32(8-9-34(27)43(60)51-44-49-22-28(2)61-44)47-13-6-14-48-40(59)26-54-16-10-33(11-17-54)57-38-12-18-55(29(3)58)25-37(38)42(52-57)56-15-5-7-30-20-35(31-23-50-53(4)24-31)36(41(45)46)21-39(30)56/h8-9,19-24,33,41,47H,5-7,10-18,25-26H2,1-4H3,(H,48,59)(H,49,51,60). The number of fused-ring (bicyclic) bond motifs is 2. The van der Waals surface area contributed by atoms with E-state index in [1.807, 2.05) is 36.9 Å². The van der Waals surface area contributed by atoms with E-state index in [0.29, 0.717) is 67.5 Å². The molecule has 8 rings (SSSR count). The van der Waals surface area contributed by atoms with Gasteiger partial charge in [0.05, 0.1) is 25.3 Å². The highest BCUT2D eigenvalue weighted by Crippen LogP contribution is 2.43. The Morgan fingerprint density at radius 2 is 1.82 bits per heavy atom. The van der Waals surface area contributed by atoms with Crippen LogP contribution in [0.25, 0.3) is 11.1 Å². The van der Waals surface area contributed by atoms with Crippen molar-refractivity contribution in [2.75, 3.05) is 61.3 Å². The number of hydrogen-bond donors (Lipinski definition) is 3. The van der Waals surface area contributed by atoms with Crippen LogP contribution in [0.15, 0.2) is 48.9 Å². The van der Waals surface area contributed by atoms with Gasteiger partial charge >= 0.3 is 0 Å². The van der Waals surface area contributed by atoms with Gasteiger partial charge in [0.2, 0.25) is 11.8 Å². The van der Waals surface area contributed by atoms with Crippen LogP contribution in [0, 0.1) is 13.8 Å². The normalized spacial score (nSPS) is 15.8. The number of carbonyl (C=O) groups excluding carboxylic acids is 3. The van der Waals surface area contributed by atoms with Crippen LogP contribution in [0.4, 0.5) is 31.1 Å². The molecule has 3 aliphatic heterocycles. The minimum atomic E-state index is -2.67. The van der Waals surface area contributed by atoms with Gasteiger partial charge in [0, 0.05) is 116 Å². The van der Waals surface area contributed by atoms with E-state index >= 15 is 0 Å². The van der Waals surface area contributed by atoms with Crippen LogP contribution in [0.3, 0.4) is 0 Å². The van der Waals surface area contributed by atoms with Gasteiger partial charge in [0.1, 0.15) is 0 Å². The van der Waals surface area contributed by atoms with Crippen LogP contribution < -0.4 is 20.9 Å². The summed E-state index contributed by atoms with van der Waals surface area (Å²) < 4.78 is 33.1. The van der Waals surface area contributed by atoms with Gasteiger partial charge in [-0.05, 0) is 93.0 Å². The van der Waals surface area contributed by atoms with Gasteiger partial charge in [-0.25, -0.2) is 13.8 Å². The Morgan fingerprint density at radius 3 is 2.52 bits per heavy atom. The van der Waals surface area contributed by atoms with E-state index in [2.05, 4.69) is 40.5 Å². The first kappa shape index (κ1) is 42.0. The molecule has 322 valence electrons. The molecule has 3 aromatic heterocycles. The Morgan fingerprint density at radius 1 is 1.00 bits per heavy atom. The maximum Gasteiger partial charge on any atom is 0.264 e. The van der Waals surface area contributed by atoms with Gasteiger partial charge in [-0.1, -0.05) is 0 Å². The lowest BCUT2D eigenvalue weighted by atomic mass is 9.92. The quantitative estimate of drug-likeness (QED) is 0.109. The molecule has 1 fully saturated rings. The lowest BCUT2D eigenvalue weighted by Crippen LogP contribution is -2.42. The van der Waals surface area contributed by atoms with Crippen LogP contribution in [0.2, 0.25) is 0 Å². The first-order valence-corrected chi connectivity index (χ1v) is 21.9.